The highest BCUT2D eigenvalue weighted by Crippen LogP contribution is 2.28. The number of halogens is 1. The van der Waals surface area contributed by atoms with Gasteiger partial charge in [-0.25, -0.2) is 12.8 Å². The largest absolute Gasteiger partial charge is 0.322 e. The van der Waals surface area contributed by atoms with E-state index in [1.54, 1.807) is 13.2 Å². The van der Waals surface area contributed by atoms with Crippen molar-refractivity contribution in [1.29, 1.82) is 0 Å². The van der Waals surface area contributed by atoms with Crippen molar-refractivity contribution < 1.29 is 17.6 Å². The minimum Gasteiger partial charge on any atom is -0.322 e. The molecule has 24 heavy (non-hydrogen) atoms. The van der Waals surface area contributed by atoms with Gasteiger partial charge in [0.2, 0.25) is 15.9 Å². The second-order valence-electron chi connectivity index (χ2n) is 5.60. The van der Waals surface area contributed by atoms with Crippen molar-refractivity contribution in [3.8, 4) is 0 Å². The van der Waals surface area contributed by atoms with Gasteiger partial charge in [0.25, 0.3) is 0 Å². The van der Waals surface area contributed by atoms with E-state index in [9.17, 15) is 17.6 Å². The van der Waals surface area contributed by atoms with Crippen LogP contribution < -0.4 is 5.32 Å². The van der Waals surface area contributed by atoms with E-state index in [0.29, 0.717) is 18.5 Å². The fourth-order valence-corrected chi connectivity index (χ4v) is 4.50. The summed E-state index contributed by atoms with van der Waals surface area (Å²) in [6.45, 7) is 0.182. The highest BCUT2D eigenvalue weighted by molar-refractivity contribution is 7.89. The molecule has 0 aliphatic carbocycles. The number of carbonyl (C=O) groups excluding carboxylic acids is 1. The zero-order valence-corrected chi connectivity index (χ0v) is 13.8. The quantitative estimate of drug-likeness (QED) is 0.900. The maximum Gasteiger partial charge on any atom is 0.246 e. The van der Waals surface area contributed by atoms with E-state index >= 15 is 0 Å². The predicted molar refractivity (Wildman–Crippen MR) is 85.2 cm³/mol. The van der Waals surface area contributed by atoms with Gasteiger partial charge in [0.05, 0.1) is 11.9 Å². The molecule has 1 aromatic heterocycles. The van der Waals surface area contributed by atoms with Crippen molar-refractivity contribution in [2.75, 3.05) is 11.9 Å². The first-order valence-corrected chi connectivity index (χ1v) is 8.89. The van der Waals surface area contributed by atoms with Crippen LogP contribution in [0.2, 0.25) is 0 Å². The molecule has 1 atom stereocenters. The lowest BCUT2D eigenvalue weighted by Gasteiger charge is -2.23. The maximum atomic E-state index is 13.9. The van der Waals surface area contributed by atoms with Gasteiger partial charge in [-0.15, -0.1) is 0 Å². The summed E-state index contributed by atoms with van der Waals surface area (Å²) in [5.41, 5.74) is 0.484. The summed E-state index contributed by atoms with van der Waals surface area (Å²) in [5, 5.41) is 6.59. The van der Waals surface area contributed by atoms with Crippen LogP contribution in [0.5, 0.6) is 0 Å². The van der Waals surface area contributed by atoms with Crippen LogP contribution in [0.4, 0.5) is 10.1 Å². The van der Waals surface area contributed by atoms with Gasteiger partial charge in [0, 0.05) is 19.8 Å². The molecular formula is C15H17FN4O3S. The van der Waals surface area contributed by atoms with Crippen molar-refractivity contribution in [2.45, 2.75) is 23.8 Å². The first-order chi connectivity index (χ1) is 11.4. The lowest BCUT2D eigenvalue weighted by atomic mass is 10.2. The number of anilines is 1. The summed E-state index contributed by atoms with van der Waals surface area (Å²) in [6.07, 6.45) is 4.02. The van der Waals surface area contributed by atoms with Crippen LogP contribution in [0.25, 0.3) is 0 Å². The Labute approximate surface area is 139 Å². The van der Waals surface area contributed by atoms with Gasteiger partial charge >= 0.3 is 0 Å². The Bertz CT molecular complexity index is 865. The van der Waals surface area contributed by atoms with Gasteiger partial charge in [0.15, 0.2) is 0 Å². The number of carbonyl (C=O) groups is 1. The Balaban J connectivity index is 1.85. The first-order valence-electron chi connectivity index (χ1n) is 7.45. The molecule has 0 saturated carbocycles. The molecule has 0 radical (unpaired) electrons. The maximum absolute atomic E-state index is 13.9. The van der Waals surface area contributed by atoms with Gasteiger partial charge in [-0.1, -0.05) is 12.1 Å². The van der Waals surface area contributed by atoms with E-state index in [1.165, 1.54) is 29.1 Å². The van der Waals surface area contributed by atoms with Crippen LogP contribution in [0.3, 0.4) is 0 Å². The standard InChI is InChI=1S/C15H17FN4O3S/c1-19-10-11(9-17-19)18-15(21)13-6-4-8-20(13)24(22,23)14-7-3-2-5-12(14)16/h2-3,5,7,9-10,13H,4,6,8H2,1H3,(H,18,21)/t13-/m0/s1. The molecule has 1 saturated heterocycles. The number of rotatable bonds is 4. The molecule has 1 aliphatic rings. The number of hydrogen-bond acceptors (Lipinski definition) is 4. The molecule has 0 unspecified atom stereocenters. The Hall–Kier alpha value is -2.26. The molecule has 1 fully saturated rings. The molecule has 2 heterocycles. The molecule has 1 aromatic carbocycles. The number of benzene rings is 1. The minimum atomic E-state index is -4.07. The van der Waals surface area contributed by atoms with Crippen molar-refractivity contribution in [1.82, 2.24) is 14.1 Å². The third-order valence-electron chi connectivity index (χ3n) is 3.90. The lowest BCUT2D eigenvalue weighted by molar-refractivity contribution is -0.119. The van der Waals surface area contributed by atoms with Gasteiger partial charge in [-0.2, -0.15) is 9.40 Å². The number of nitrogens with one attached hydrogen (secondary N) is 1. The van der Waals surface area contributed by atoms with E-state index in [2.05, 4.69) is 10.4 Å². The van der Waals surface area contributed by atoms with Gasteiger partial charge in [-0.05, 0) is 25.0 Å². The van der Waals surface area contributed by atoms with Crippen LogP contribution in [0.1, 0.15) is 12.8 Å². The van der Waals surface area contributed by atoms with Gasteiger partial charge < -0.3 is 5.32 Å². The third kappa shape index (κ3) is 3.04. The average molecular weight is 352 g/mol. The third-order valence-corrected chi connectivity index (χ3v) is 5.84. The second kappa shape index (κ2) is 6.33. The minimum absolute atomic E-state index is 0.182. The van der Waals surface area contributed by atoms with E-state index < -0.39 is 32.7 Å². The average Bonchev–Trinajstić information content (AvgIpc) is 3.17. The highest BCUT2D eigenvalue weighted by atomic mass is 32.2. The molecule has 9 heteroatoms. The molecule has 0 bridgehead atoms. The molecule has 128 valence electrons. The van der Waals surface area contributed by atoms with Crippen molar-refractivity contribution >= 4 is 21.6 Å². The van der Waals surface area contributed by atoms with Crippen LogP contribution in [0, 0.1) is 5.82 Å². The van der Waals surface area contributed by atoms with Gasteiger partial charge in [0.1, 0.15) is 16.8 Å². The molecule has 2 aromatic rings. The van der Waals surface area contributed by atoms with E-state index in [1.807, 2.05) is 0 Å². The van der Waals surface area contributed by atoms with Crippen molar-refractivity contribution in [2.24, 2.45) is 7.05 Å². The fourth-order valence-electron chi connectivity index (χ4n) is 2.78. The molecule has 3 rings (SSSR count). The number of nitrogens with zero attached hydrogens (tertiary/aromatic N) is 3. The molecule has 1 N–H and O–H groups in total. The van der Waals surface area contributed by atoms with E-state index in [0.717, 1.165) is 10.4 Å². The first kappa shape index (κ1) is 16.6. The Kier molecular flexibility index (Phi) is 4.37. The zero-order valence-electron chi connectivity index (χ0n) is 13.0. The topological polar surface area (TPSA) is 84.3 Å². The number of sulfonamides is 1. The summed E-state index contributed by atoms with van der Waals surface area (Å²) in [4.78, 5) is 12.0. The summed E-state index contributed by atoms with van der Waals surface area (Å²) in [6, 6.07) is 4.31. The molecule has 0 spiro atoms. The fraction of sp³-hybridized carbons (Fsp3) is 0.333. The zero-order chi connectivity index (χ0) is 17.3. The Morgan fingerprint density at radius 3 is 2.79 bits per heavy atom. The molecule has 7 nitrogen and oxygen atoms in total. The monoisotopic (exact) mass is 352 g/mol. The Morgan fingerprint density at radius 2 is 2.12 bits per heavy atom. The van der Waals surface area contributed by atoms with Crippen molar-refractivity contribution in [3.63, 3.8) is 0 Å². The summed E-state index contributed by atoms with van der Waals surface area (Å²) in [5.74, 6) is -1.27. The second-order valence-corrected chi connectivity index (χ2v) is 7.46. The SMILES string of the molecule is Cn1cc(NC(=O)[C@@H]2CCCN2S(=O)(=O)c2ccccc2F)cn1. The van der Waals surface area contributed by atoms with Crippen LogP contribution in [0.15, 0.2) is 41.6 Å². The highest BCUT2D eigenvalue weighted by Gasteiger charge is 2.40. The number of aryl methyl sites for hydroxylation is 1. The summed E-state index contributed by atoms with van der Waals surface area (Å²) >= 11 is 0. The number of aromatic nitrogens is 2. The molecular weight excluding hydrogens is 335 g/mol. The molecule has 1 aliphatic heterocycles. The normalized spacial score (nSPS) is 18.7. The number of amides is 1. The molecule has 1 amide bonds. The lowest BCUT2D eigenvalue weighted by Crippen LogP contribution is -2.43. The Morgan fingerprint density at radius 1 is 1.38 bits per heavy atom. The van der Waals surface area contributed by atoms with Crippen LogP contribution in [-0.2, 0) is 21.9 Å². The van der Waals surface area contributed by atoms with Gasteiger partial charge in [-0.3, -0.25) is 9.48 Å². The van der Waals surface area contributed by atoms with Crippen LogP contribution >= 0.6 is 0 Å². The van der Waals surface area contributed by atoms with Crippen molar-refractivity contribution in [3.05, 3.63) is 42.5 Å². The smallest absolute Gasteiger partial charge is 0.246 e. The summed E-state index contributed by atoms with van der Waals surface area (Å²) < 4.78 is 41.9. The predicted octanol–water partition coefficient (Wildman–Crippen LogP) is 1.35. The van der Waals surface area contributed by atoms with Crippen LogP contribution in [-0.4, -0.2) is 41.0 Å². The summed E-state index contributed by atoms with van der Waals surface area (Å²) in [7, 11) is -2.37. The van der Waals surface area contributed by atoms with E-state index in [4.69, 9.17) is 0 Å². The number of hydrogen-bond donors (Lipinski definition) is 1. The van der Waals surface area contributed by atoms with E-state index in [-0.39, 0.29) is 6.54 Å².